The van der Waals surface area contributed by atoms with Crippen LogP contribution in [-0.4, -0.2) is 22.3 Å². The van der Waals surface area contributed by atoms with Crippen LogP contribution in [0.2, 0.25) is 0 Å². The maximum Gasteiger partial charge on any atom is 0.427 e. The van der Waals surface area contributed by atoms with E-state index in [1.54, 1.807) is 12.1 Å². The standard InChI is InChI=1S/C13H12FN3O4/c1-16-11(15)10(14)7-17(12(16)18)13(19)21-9-5-3-8(20-2)4-6-9/h3-7,15H,1-2H3. The summed E-state index contributed by atoms with van der Waals surface area (Å²) in [4.78, 5) is 23.7. The van der Waals surface area contributed by atoms with Gasteiger partial charge in [-0.2, -0.15) is 4.57 Å². The number of nitrogens with zero attached hydrogens (tertiary/aromatic N) is 2. The number of halogens is 1. The Bertz CT molecular complexity index is 793. The van der Waals surface area contributed by atoms with Gasteiger partial charge in [0.05, 0.1) is 13.3 Å². The number of ether oxygens (including phenoxy) is 2. The molecule has 0 bridgehead atoms. The fourth-order valence-corrected chi connectivity index (χ4v) is 1.57. The summed E-state index contributed by atoms with van der Waals surface area (Å²) in [5, 5.41) is 7.30. The predicted molar refractivity (Wildman–Crippen MR) is 69.9 cm³/mol. The van der Waals surface area contributed by atoms with Crippen LogP contribution < -0.4 is 20.7 Å². The van der Waals surface area contributed by atoms with E-state index in [-0.39, 0.29) is 5.75 Å². The zero-order valence-corrected chi connectivity index (χ0v) is 11.3. The molecule has 0 aliphatic rings. The van der Waals surface area contributed by atoms with Crippen molar-refractivity contribution in [2.75, 3.05) is 7.11 Å². The van der Waals surface area contributed by atoms with Crippen molar-refractivity contribution in [3.05, 3.63) is 52.3 Å². The van der Waals surface area contributed by atoms with E-state index in [0.717, 1.165) is 0 Å². The molecule has 0 aliphatic carbocycles. The van der Waals surface area contributed by atoms with Gasteiger partial charge in [0.15, 0.2) is 11.3 Å². The third-order valence-corrected chi connectivity index (χ3v) is 2.76. The van der Waals surface area contributed by atoms with Gasteiger partial charge < -0.3 is 9.47 Å². The summed E-state index contributed by atoms with van der Waals surface area (Å²) in [5.74, 6) is -0.266. The van der Waals surface area contributed by atoms with Gasteiger partial charge in [-0.3, -0.25) is 9.98 Å². The fraction of sp³-hybridized carbons (Fsp3) is 0.154. The molecule has 110 valence electrons. The van der Waals surface area contributed by atoms with E-state index < -0.39 is 23.1 Å². The van der Waals surface area contributed by atoms with E-state index >= 15 is 0 Å². The summed E-state index contributed by atoms with van der Waals surface area (Å²) in [6.07, 6.45) is -0.448. The van der Waals surface area contributed by atoms with Crippen molar-refractivity contribution >= 4 is 6.09 Å². The van der Waals surface area contributed by atoms with Crippen LogP contribution in [0.4, 0.5) is 9.18 Å². The Hall–Kier alpha value is -2.90. The second kappa shape index (κ2) is 5.61. The van der Waals surface area contributed by atoms with Gasteiger partial charge in [-0.05, 0) is 24.3 Å². The van der Waals surface area contributed by atoms with Crippen LogP contribution in [0.25, 0.3) is 0 Å². The van der Waals surface area contributed by atoms with E-state index in [2.05, 4.69) is 0 Å². The molecular formula is C13H12FN3O4. The molecule has 2 aromatic rings. The van der Waals surface area contributed by atoms with Crippen molar-refractivity contribution < 1.29 is 18.7 Å². The van der Waals surface area contributed by atoms with Crippen LogP contribution in [-0.2, 0) is 7.05 Å². The molecule has 0 atom stereocenters. The van der Waals surface area contributed by atoms with E-state index in [1.165, 1.54) is 26.3 Å². The monoisotopic (exact) mass is 293 g/mol. The molecule has 8 heteroatoms. The summed E-state index contributed by atoms with van der Waals surface area (Å²) in [6.45, 7) is 0. The van der Waals surface area contributed by atoms with Gasteiger partial charge in [0, 0.05) is 7.05 Å². The molecule has 1 N–H and O–H groups in total. The first-order valence-corrected chi connectivity index (χ1v) is 5.83. The molecule has 0 aliphatic heterocycles. The number of carbonyl (C=O) groups is 1. The molecule has 0 spiro atoms. The smallest absolute Gasteiger partial charge is 0.427 e. The normalized spacial score (nSPS) is 10.2. The lowest BCUT2D eigenvalue weighted by Crippen LogP contribution is -2.42. The van der Waals surface area contributed by atoms with Crippen LogP contribution in [0.1, 0.15) is 0 Å². The number of rotatable bonds is 2. The van der Waals surface area contributed by atoms with Crippen LogP contribution >= 0.6 is 0 Å². The van der Waals surface area contributed by atoms with Crippen molar-refractivity contribution in [2.45, 2.75) is 0 Å². The quantitative estimate of drug-likeness (QED) is 0.889. The highest BCUT2D eigenvalue weighted by Crippen LogP contribution is 2.17. The van der Waals surface area contributed by atoms with E-state index in [9.17, 15) is 14.0 Å². The fourth-order valence-electron chi connectivity index (χ4n) is 1.57. The topological polar surface area (TPSA) is 86.3 Å². The molecule has 2 rings (SSSR count). The van der Waals surface area contributed by atoms with E-state index in [0.29, 0.717) is 21.1 Å². The first-order valence-electron chi connectivity index (χ1n) is 5.83. The van der Waals surface area contributed by atoms with Crippen molar-refractivity contribution in [3.63, 3.8) is 0 Å². The second-order valence-electron chi connectivity index (χ2n) is 4.08. The second-order valence-corrected chi connectivity index (χ2v) is 4.08. The maximum atomic E-state index is 13.4. The first kappa shape index (κ1) is 14.5. The van der Waals surface area contributed by atoms with Gasteiger partial charge in [-0.25, -0.2) is 14.0 Å². The molecule has 0 fully saturated rings. The number of hydrogen-bond donors (Lipinski definition) is 1. The number of methoxy groups -OCH3 is 1. The Balaban J connectivity index is 2.32. The number of hydrogen-bond acceptors (Lipinski definition) is 5. The van der Waals surface area contributed by atoms with Crippen molar-refractivity contribution in [3.8, 4) is 11.5 Å². The Morgan fingerprint density at radius 3 is 2.38 bits per heavy atom. The predicted octanol–water partition coefficient (Wildman–Crippen LogP) is 0.861. The number of carbonyl (C=O) groups excluding carboxylic acids is 1. The highest BCUT2D eigenvalue weighted by atomic mass is 19.1. The van der Waals surface area contributed by atoms with Crippen molar-refractivity contribution in [1.29, 1.82) is 5.41 Å². The van der Waals surface area contributed by atoms with Gasteiger partial charge in [-0.15, -0.1) is 0 Å². The van der Waals surface area contributed by atoms with Crippen molar-refractivity contribution in [2.24, 2.45) is 7.05 Å². The average Bonchev–Trinajstić information content (AvgIpc) is 2.49. The zero-order valence-electron chi connectivity index (χ0n) is 11.3. The molecule has 0 amide bonds. The molecule has 0 saturated carbocycles. The minimum atomic E-state index is -1.07. The third-order valence-electron chi connectivity index (χ3n) is 2.76. The van der Waals surface area contributed by atoms with Crippen LogP contribution in [0.3, 0.4) is 0 Å². The highest BCUT2D eigenvalue weighted by molar-refractivity contribution is 5.72. The Morgan fingerprint density at radius 1 is 1.24 bits per heavy atom. The summed E-state index contributed by atoms with van der Waals surface area (Å²) in [5.41, 5.74) is -1.49. The molecule has 0 unspecified atom stereocenters. The summed E-state index contributed by atoms with van der Waals surface area (Å²) in [6, 6.07) is 6.08. The number of nitrogens with one attached hydrogen (secondary N) is 1. The number of aromatic nitrogens is 2. The molecular weight excluding hydrogens is 281 g/mol. The largest absolute Gasteiger partial charge is 0.497 e. The summed E-state index contributed by atoms with van der Waals surface area (Å²) in [7, 11) is 2.68. The molecule has 1 aromatic heterocycles. The average molecular weight is 293 g/mol. The maximum absolute atomic E-state index is 13.4. The SMILES string of the molecule is COc1ccc(OC(=O)n2cc(F)c(=N)n(C)c2=O)cc1. The minimum absolute atomic E-state index is 0.172. The Labute approximate surface area is 118 Å². The number of benzene rings is 1. The zero-order chi connectivity index (χ0) is 15.6. The molecule has 1 heterocycles. The van der Waals surface area contributed by atoms with Gasteiger partial charge in [-0.1, -0.05) is 0 Å². The lowest BCUT2D eigenvalue weighted by molar-refractivity contribution is 0.199. The van der Waals surface area contributed by atoms with Crippen LogP contribution in [0, 0.1) is 11.2 Å². The lowest BCUT2D eigenvalue weighted by Gasteiger charge is -2.08. The molecule has 0 radical (unpaired) electrons. The van der Waals surface area contributed by atoms with E-state index in [1.807, 2.05) is 0 Å². The van der Waals surface area contributed by atoms with Gasteiger partial charge in [0.1, 0.15) is 11.5 Å². The minimum Gasteiger partial charge on any atom is -0.497 e. The lowest BCUT2D eigenvalue weighted by atomic mass is 10.3. The molecule has 1 aromatic carbocycles. The van der Waals surface area contributed by atoms with Gasteiger partial charge in [0.2, 0.25) is 0 Å². The van der Waals surface area contributed by atoms with Crippen LogP contribution in [0.15, 0.2) is 35.3 Å². The molecule has 0 saturated heterocycles. The Kier molecular flexibility index (Phi) is 3.88. The highest BCUT2D eigenvalue weighted by Gasteiger charge is 2.14. The third kappa shape index (κ3) is 2.83. The molecule has 7 nitrogen and oxygen atoms in total. The van der Waals surface area contributed by atoms with Crippen LogP contribution in [0.5, 0.6) is 11.5 Å². The molecule has 21 heavy (non-hydrogen) atoms. The summed E-state index contributed by atoms with van der Waals surface area (Å²) < 4.78 is 24.5. The van der Waals surface area contributed by atoms with Crippen molar-refractivity contribution in [1.82, 2.24) is 9.13 Å². The Morgan fingerprint density at radius 2 is 1.81 bits per heavy atom. The van der Waals surface area contributed by atoms with E-state index in [4.69, 9.17) is 14.9 Å². The first-order chi connectivity index (χ1) is 9.93. The van der Waals surface area contributed by atoms with Gasteiger partial charge >= 0.3 is 11.8 Å². The van der Waals surface area contributed by atoms with Gasteiger partial charge in [0.25, 0.3) is 0 Å². The summed E-state index contributed by atoms with van der Waals surface area (Å²) >= 11 is 0.